The van der Waals surface area contributed by atoms with Crippen molar-refractivity contribution in [2.45, 2.75) is 0 Å². The summed E-state index contributed by atoms with van der Waals surface area (Å²) in [6.45, 7) is -0.100. The van der Waals surface area contributed by atoms with Crippen LogP contribution in [0.15, 0.2) is 48.5 Å². The second kappa shape index (κ2) is 5.82. The number of hydrogen-bond acceptors (Lipinski definition) is 5. The highest BCUT2D eigenvalue weighted by molar-refractivity contribution is 5.82. The molecule has 0 saturated heterocycles. The molecule has 0 aliphatic rings. The van der Waals surface area contributed by atoms with Crippen molar-refractivity contribution in [2.75, 3.05) is 13.2 Å². The van der Waals surface area contributed by atoms with Crippen molar-refractivity contribution in [1.82, 2.24) is 9.71 Å². The fourth-order valence-electron chi connectivity index (χ4n) is 2.19. The standard InChI is InChI=1S/C15H13N3O4/c19-8-9-22-17-14-10-12(18(20)21)6-7-13(14)16-15(17)11-4-2-1-3-5-11/h1-7,10,19H,8-9H2. The van der Waals surface area contributed by atoms with Crippen LogP contribution in [0.1, 0.15) is 0 Å². The molecule has 1 heterocycles. The molecule has 2 aromatic carbocycles. The number of nitro groups is 1. The molecular weight excluding hydrogens is 286 g/mol. The Morgan fingerprint density at radius 1 is 1.23 bits per heavy atom. The first-order valence-electron chi connectivity index (χ1n) is 6.67. The third kappa shape index (κ3) is 2.49. The molecule has 0 amide bonds. The fraction of sp³-hybridized carbons (Fsp3) is 0.133. The summed E-state index contributed by atoms with van der Waals surface area (Å²) in [4.78, 5) is 20.5. The summed E-state index contributed by atoms with van der Waals surface area (Å²) in [5.41, 5.74) is 1.85. The zero-order chi connectivity index (χ0) is 15.5. The van der Waals surface area contributed by atoms with Gasteiger partial charge in [-0.2, -0.15) is 4.73 Å². The third-order valence-electron chi connectivity index (χ3n) is 3.15. The second-order valence-corrected chi connectivity index (χ2v) is 4.58. The Kier molecular flexibility index (Phi) is 3.71. The molecule has 7 nitrogen and oxygen atoms in total. The van der Waals surface area contributed by atoms with Crippen molar-refractivity contribution >= 4 is 16.7 Å². The first kappa shape index (κ1) is 14.0. The molecule has 0 atom stereocenters. The van der Waals surface area contributed by atoms with Gasteiger partial charge in [0.1, 0.15) is 12.1 Å². The molecule has 1 aromatic heterocycles. The molecular formula is C15H13N3O4. The monoisotopic (exact) mass is 299 g/mol. The van der Waals surface area contributed by atoms with E-state index in [1.54, 1.807) is 6.07 Å². The molecule has 0 fully saturated rings. The molecule has 0 radical (unpaired) electrons. The van der Waals surface area contributed by atoms with E-state index < -0.39 is 4.92 Å². The summed E-state index contributed by atoms with van der Waals surface area (Å²) in [6, 6.07) is 13.8. The molecule has 22 heavy (non-hydrogen) atoms. The summed E-state index contributed by atoms with van der Waals surface area (Å²) in [5.74, 6) is 0.532. The molecule has 1 N–H and O–H groups in total. The second-order valence-electron chi connectivity index (χ2n) is 4.58. The van der Waals surface area contributed by atoms with Crippen LogP contribution in [0.2, 0.25) is 0 Å². The van der Waals surface area contributed by atoms with Crippen LogP contribution in [0.3, 0.4) is 0 Å². The summed E-state index contributed by atoms with van der Waals surface area (Å²) in [5, 5.41) is 19.9. The van der Waals surface area contributed by atoms with E-state index in [4.69, 9.17) is 9.94 Å². The number of aliphatic hydroxyl groups excluding tert-OH is 1. The molecule has 0 spiro atoms. The Morgan fingerprint density at radius 2 is 2.00 bits per heavy atom. The van der Waals surface area contributed by atoms with Gasteiger partial charge in [-0.3, -0.25) is 10.1 Å². The number of aromatic nitrogens is 2. The predicted octanol–water partition coefficient (Wildman–Crippen LogP) is 2.03. The smallest absolute Gasteiger partial charge is 0.271 e. The van der Waals surface area contributed by atoms with Gasteiger partial charge in [-0.15, -0.1) is 0 Å². The highest BCUT2D eigenvalue weighted by Gasteiger charge is 2.17. The van der Waals surface area contributed by atoms with Gasteiger partial charge >= 0.3 is 0 Å². The van der Waals surface area contributed by atoms with E-state index in [2.05, 4.69) is 4.98 Å². The molecule has 0 aliphatic heterocycles. The van der Waals surface area contributed by atoms with Gasteiger partial charge < -0.3 is 9.94 Å². The van der Waals surface area contributed by atoms with E-state index in [0.717, 1.165) is 5.56 Å². The van der Waals surface area contributed by atoms with Gasteiger partial charge in [0.2, 0.25) is 0 Å². The van der Waals surface area contributed by atoms with Gasteiger partial charge in [0.05, 0.1) is 17.0 Å². The number of fused-ring (bicyclic) bond motifs is 1. The third-order valence-corrected chi connectivity index (χ3v) is 3.15. The molecule has 0 bridgehead atoms. The summed E-state index contributed by atoms with van der Waals surface area (Å²) >= 11 is 0. The Bertz CT molecular complexity index is 814. The minimum Gasteiger partial charge on any atom is -0.409 e. The van der Waals surface area contributed by atoms with E-state index >= 15 is 0 Å². The van der Waals surface area contributed by atoms with Crippen molar-refractivity contribution in [2.24, 2.45) is 0 Å². The average Bonchev–Trinajstić information content (AvgIpc) is 2.91. The van der Waals surface area contributed by atoms with Crippen molar-refractivity contribution in [3.63, 3.8) is 0 Å². The Morgan fingerprint density at radius 3 is 2.68 bits per heavy atom. The minimum absolute atomic E-state index is 0.0409. The van der Waals surface area contributed by atoms with Crippen LogP contribution in [-0.2, 0) is 0 Å². The first-order chi connectivity index (χ1) is 10.7. The number of imidazole rings is 1. The molecule has 0 unspecified atom stereocenters. The van der Waals surface area contributed by atoms with Crippen LogP contribution >= 0.6 is 0 Å². The van der Waals surface area contributed by atoms with Gasteiger partial charge in [0.25, 0.3) is 5.69 Å². The zero-order valence-corrected chi connectivity index (χ0v) is 11.5. The van der Waals surface area contributed by atoms with Gasteiger partial charge in [-0.25, -0.2) is 4.98 Å². The average molecular weight is 299 g/mol. The maximum Gasteiger partial charge on any atom is 0.271 e. The van der Waals surface area contributed by atoms with Crippen molar-refractivity contribution in [3.05, 3.63) is 58.6 Å². The van der Waals surface area contributed by atoms with Crippen LogP contribution in [-0.4, -0.2) is 33.0 Å². The summed E-state index contributed by atoms with van der Waals surface area (Å²) in [6.07, 6.45) is 0. The molecule has 3 aromatic rings. The number of rotatable bonds is 5. The van der Waals surface area contributed by atoms with Crippen molar-refractivity contribution in [1.29, 1.82) is 0 Å². The largest absolute Gasteiger partial charge is 0.409 e. The molecule has 112 valence electrons. The maximum atomic E-state index is 10.9. The number of nitrogens with zero attached hydrogens (tertiary/aromatic N) is 3. The van der Waals surface area contributed by atoms with Crippen LogP contribution in [0, 0.1) is 10.1 Å². The van der Waals surface area contributed by atoms with Crippen molar-refractivity contribution < 1.29 is 14.9 Å². The van der Waals surface area contributed by atoms with Crippen LogP contribution < -0.4 is 4.84 Å². The molecule has 7 heteroatoms. The Hall–Kier alpha value is -2.93. The van der Waals surface area contributed by atoms with Gasteiger partial charge in [-0.1, -0.05) is 30.3 Å². The summed E-state index contributed by atoms with van der Waals surface area (Å²) in [7, 11) is 0. The topological polar surface area (TPSA) is 90.4 Å². The Balaban J connectivity index is 2.20. The van der Waals surface area contributed by atoms with E-state index in [-0.39, 0.29) is 18.9 Å². The number of hydrogen-bond donors (Lipinski definition) is 1. The molecule has 0 aliphatic carbocycles. The van der Waals surface area contributed by atoms with Gasteiger partial charge in [0, 0.05) is 17.7 Å². The minimum atomic E-state index is -0.467. The summed E-state index contributed by atoms with van der Waals surface area (Å²) < 4.78 is 1.42. The number of aliphatic hydroxyl groups is 1. The lowest BCUT2D eigenvalue weighted by Gasteiger charge is -2.09. The normalized spacial score (nSPS) is 10.8. The quantitative estimate of drug-likeness (QED) is 0.575. The van der Waals surface area contributed by atoms with Crippen LogP contribution in [0.25, 0.3) is 22.4 Å². The lowest BCUT2D eigenvalue weighted by molar-refractivity contribution is -0.384. The van der Waals surface area contributed by atoms with Crippen LogP contribution in [0.4, 0.5) is 5.69 Å². The molecule has 3 rings (SSSR count). The van der Waals surface area contributed by atoms with E-state index in [1.807, 2.05) is 30.3 Å². The van der Waals surface area contributed by atoms with E-state index in [0.29, 0.717) is 16.9 Å². The highest BCUT2D eigenvalue weighted by Crippen LogP contribution is 2.26. The Labute approximate surface area is 125 Å². The molecule has 0 saturated carbocycles. The zero-order valence-electron chi connectivity index (χ0n) is 11.5. The van der Waals surface area contributed by atoms with Crippen molar-refractivity contribution in [3.8, 4) is 11.4 Å². The highest BCUT2D eigenvalue weighted by atomic mass is 16.7. The lowest BCUT2D eigenvalue weighted by Crippen LogP contribution is -2.16. The van der Waals surface area contributed by atoms with E-state index in [1.165, 1.54) is 16.9 Å². The predicted molar refractivity (Wildman–Crippen MR) is 80.4 cm³/mol. The number of nitro benzene ring substituents is 1. The SMILES string of the molecule is O=[N+]([O-])c1ccc2nc(-c3ccccc3)n(OCCO)c2c1. The number of non-ortho nitro benzene ring substituents is 1. The fourth-order valence-corrected chi connectivity index (χ4v) is 2.19. The number of benzene rings is 2. The maximum absolute atomic E-state index is 10.9. The van der Waals surface area contributed by atoms with E-state index in [9.17, 15) is 10.1 Å². The van der Waals surface area contributed by atoms with Gasteiger partial charge in [0.15, 0.2) is 5.82 Å². The van der Waals surface area contributed by atoms with Gasteiger partial charge in [-0.05, 0) is 6.07 Å². The first-order valence-corrected chi connectivity index (χ1v) is 6.67. The van der Waals surface area contributed by atoms with Crippen LogP contribution in [0.5, 0.6) is 0 Å². The lowest BCUT2D eigenvalue weighted by atomic mass is 10.2.